The number of benzene rings is 2. The molecule has 0 radical (unpaired) electrons. The second-order valence-electron chi connectivity index (χ2n) is 17.5. The van der Waals surface area contributed by atoms with Crippen LogP contribution in [0.2, 0.25) is 0 Å². The van der Waals surface area contributed by atoms with Crippen molar-refractivity contribution in [2.45, 2.75) is 115 Å². The van der Waals surface area contributed by atoms with Gasteiger partial charge in [-0.2, -0.15) is 0 Å². The number of hydrogen-bond acceptors (Lipinski definition) is 10. The first kappa shape index (κ1) is 42.4. The first-order valence-corrected chi connectivity index (χ1v) is 21.4. The van der Waals surface area contributed by atoms with Crippen molar-refractivity contribution < 1.29 is 41.8 Å². The van der Waals surface area contributed by atoms with Crippen molar-refractivity contribution in [3.8, 4) is 22.8 Å². The minimum atomic E-state index is -4.09. The van der Waals surface area contributed by atoms with Crippen LogP contribution >= 0.6 is 0 Å². The Kier molecular flexibility index (Phi) is 12.1. The zero-order valence-corrected chi connectivity index (χ0v) is 35.1. The summed E-state index contributed by atoms with van der Waals surface area (Å²) in [5.41, 5.74) is 0.348. The number of sulfonamides is 1. The molecule has 2 aliphatic carbocycles. The van der Waals surface area contributed by atoms with Crippen molar-refractivity contribution in [1.82, 2.24) is 24.8 Å². The van der Waals surface area contributed by atoms with Gasteiger partial charge in [0.1, 0.15) is 35.3 Å². The summed E-state index contributed by atoms with van der Waals surface area (Å²) in [6, 6.07) is 12.6. The number of rotatable bonds is 11. The van der Waals surface area contributed by atoms with Gasteiger partial charge in [-0.1, -0.05) is 70.0 Å². The molecule has 1 saturated heterocycles. The lowest BCUT2D eigenvalue weighted by Gasteiger charge is -2.36. The van der Waals surface area contributed by atoms with Crippen LogP contribution in [0.25, 0.3) is 22.2 Å². The number of nitrogens with one attached hydrogen (secondary N) is 2. The lowest BCUT2D eigenvalue weighted by Crippen LogP contribution is -2.60. The molecule has 3 aliphatic rings. The molecule has 0 bridgehead atoms. The predicted molar refractivity (Wildman–Crippen MR) is 220 cm³/mol. The van der Waals surface area contributed by atoms with Gasteiger partial charge in [-0.25, -0.2) is 27.7 Å². The molecule has 2 N–H and O–H groups in total. The molecule has 6 rings (SSSR count). The summed E-state index contributed by atoms with van der Waals surface area (Å²) in [7, 11) is -2.52. The third-order valence-corrected chi connectivity index (χ3v) is 12.6. The molecule has 312 valence electrons. The van der Waals surface area contributed by atoms with E-state index in [9.17, 15) is 27.6 Å². The van der Waals surface area contributed by atoms with Crippen molar-refractivity contribution in [2.75, 3.05) is 13.7 Å². The van der Waals surface area contributed by atoms with Gasteiger partial charge in [0.05, 0.1) is 30.1 Å². The molecule has 15 heteroatoms. The molecule has 2 saturated carbocycles. The van der Waals surface area contributed by atoms with E-state index in [0.717, 1.165) is 23.3 Å². The Morgan fingerprint density at radius 3 is 2.28 bits per heavy atom. The third kappa shape index (κ3) is 9.57. The lowest BCUT2D eigenvalue weighted by molar-refractivity contribution is -0.145. The van der Waals surface area contributed by atoms with E-state index >= 15 is 0 Å². The Morgan fingerprint density at radius 1 is 0.983 bits per heavy atom. The average Bonchev–Trinajstić information content (AvgIpc) is 3.49. The normalized spacial score (nSPS) is 21.5. The number of aromatic nitrogens is 1. The fourth-order valence-electron chi connectivity index (χ4n) is 7.72. The van der Waals surface area contributed by atoms with Crippen LogP contribution in [0.1, 0.15) is 80.1 Å². The van der Waals surface area contributed by atoms with Gasteiger partial charge in [0.25, 0.3) is 5.91 Å². The molecule has 2 heterocycles. The number of nitrogens with zero attached hydrogens (tertiary/aromatic N) is 3. The minimum absolute atomic E-state index is 0.0425. The second-order valence-corrected chi connectivity index (χ2v) is 19.4. The fraction of sp³-hybridized carbons (Fsp3) is 0.512. The molecule has 3 fully saturated rings. The van der Waals surface area contributed by atoms with E-state index in [0.29, 0.717) is 47.4 Å². The van der Waals surface area contributed by atoms with Crippen LogP contribution in [0.4, 0.5) is 9.59 Å². The Hall–Kier alpha value is -5.18. The summed E-state index contributed by atoms with van der Waals surface area (Å²) in [4.78, 5) is 64.0. The first-order chi connectivity index (χ1) is 27.3. The van der Waals surface area contributed by atoms with E-state index in [1.54, 1.807) is 72.9 Å². The summed E-state index contributed by atoms with van der Waals surface area (Å²) in [5, 5.41) is 2.65. The van der Waals surface area contributed by atoms with E-state index < -0.39 is 74.5 Å². The molecule has 1 aromatic heterocycles. The molecule has 5 unspecified atom stereocenters. The van der Waals surface area contributed by atoms with Gasteiger partial charge in [0, 0.05) is 35.5 Å². The van der Waals surface area contributed by atoms with Crippen LogP contribution in [0, 0.1) is 11.3 Å². The number of pyridine rings is 1. The molecular formula is C43H55N5O9S. The Bertz CT molecular complexity index is 2160. The lowest BCUT2D eigenvalue weighted by atomic mass is 9.85. The maximum Gasteiger partial charge on any atom is 0.408 e. The van der Waals surface area contributed by atoms with Gasteiger partial charge < -0.3 is 24.4 Å². The molecule has 2 aromatic carbocycles. The highest BCUT2D eigenvalue weighted by Gasteiger charge is 2.53. The molecule has 1 aliphatic heterocycles. The van der Waals surface area contributed by atoms with Crippen LogP contribution in [-0.4, -0.2) is 95.9 Å². The molecule has 58 heavy (non-hydrogen) atoms. The highest BCUT2D eigenvalue weighted by atomic mass is 32.2. The van der Waals surface area contributed by atoms with Gasteiger partial charge in [-0.15, -0.1) is 6.58 Å². The average molecular weight is 818 g/mol. The Balaban J connectivity index is 1.38. The number of imide groups is 1. The summed E-state index contributed by atoms with van der Waals surface area (Å²) in [6.07, 6.45) is 2.67. The number of urea groups is 1. The van der Waals surface area contributed by atoms with Crippen molar-refractivity contribution in [3.05, 3.63) is 67.3 Å². The van der Waals surface area contributed by atoms with Gasteiger partial charge in [0.2, 0.25) is 15.9 Å². The van der Waals surface area contributed by atoms with Gasteiger partial charge >= 0.3 is 12.1 Å². The Morgan fingerprint density at radius 2 is 1.67 bits per heavy atom. The van der Waals surface area contributed by atoms with E-state index in [4.69, 9.17) is 19.2 Å². The molecular weight excluding hydrogens is 763 g/mol. The molecule has 5 amide bonds. The van der Waals surface area contributed by atoms with Gasteiger partial charge in [-0.3, -0.25) is 14.5 Å². The third-order valence-electron chi connectivity index (χ3n) is 10.8. The maximum atomic E-state index is 14.9. The molecule has 5 atom stereocenters. The minimum Gasteiger partial charge on any atom is -0.497 e. The van der Waals surface area contributed by atoms with Crippen LogP contribution in [0.5, 0.6) is 11.5 Å². The van der Waals surface area contributed by atoms with E-state index in [-0.39, 0.29) is 18.9 Å². The maximum absolute atomic E-state index is 14.9. The number of likely N-dealkylation sites (tertiary alicyclic amines) is 1. The number of ether oxygens (including phenoxy) is 3. The van der Waals surface area contributed by atoms with E-state index in [1.165, 1.54) is 4.90 Å². The SMILES string of the molecule is C=CC1CC1N(C(=O)NS(=O)(=O)C1CCCC1)C(=O)C1CC(Oc2cc(-c3ccccc3)nc3cc(OC)ccc23)CN1C(=O)C(NC(=O)OC(C)(C)C)C(C)(C)C. The zero-order chi connectivity index (χ0) is 42.2. The summed E-state index contributed by atoms with van der Waals surface area (Å²) in [5.74, 6) is -0.563. The number of hydrogen-bond donors (Lipinski definition) is 2. The highest BCUT2D eigenvalue weighted by molar-refractivity contribution is 7.90. The molecule has 0 spiro atoms. The van der Waals surface area contributed by atoms with Gasteiger partial charge in [0.15, 0.2) is 0 Å². The van der Waals surface area contributed by atoms with E-state index in [2.05, 4.69) is 16.6 Å². The zero-order valence-electron chi connectivity index (χ0n) is 34.3. The van der Waals surface area contributed by atoms with Crippen LogP contribution in [-0.2, 0) is 24.3 Å². The van der Waals surface area contributed by atoms with Crippen molar-refractivity contribution >= 4 is 44.9 Å². The van der Waals surface area contributed by atoms with Crippen molar-refractivity contribution in [2.24, 2.45) is 11.3 Å². The monoisotopic (exact) mass is 817 g/mol. The van der Waals surface area contributed by atoms with Crippen molar-refractivity contribution in [1.29, 1.82) is 0 Å². The van der Waals surface area contributed by atoms with Gasteiger partial charge in [-0.05, 0) is 63.5 Å². The smallest absolute Gasteiger partial charge is 0.408 e. The Labute approximate surface area is 340 Å². The highest BCUT2D eigenvalue weighted by Crippen LogP contribution is 2.40. The summed E-state index contributed by atoms with van der Waals surface area (Å²) in [6.45, 7) is 14.2. The van der Waals surface area contributed by atoms with Crippen LogP contribution in [0.3, 0.4) is 0 Å². The number of carbonyl (C=O) groups is 4. The van der Waals surface area contributed by atoms with E-state index in [1.807, 2.05) is 36.4 Å². The predicted octanol–water partition coefficient (Wildman–Crippen LogP) is 6.58. The number of methoxy groups -OCH3 is 1. The number of fused-ring (bicyclic) bond motifs is 1. The first-order valence-electron chi connectivity index (χ1n) is 19.8. The van der Waals surface area contributed by atoms with Crippen LogP contribution < -0.4 is 19.5 Å². The topological polar surface area (TPSA) is 174 Å². The molecule has 14 nitrogen and oxygen atoms in total. The summed E-state index contributed by atoms with van der Waals surface area (Å²) < 4.78 is 46.6. The number of carbonyl (C=O) groups excluding carboxylic acids is 4. The largest absolute Gasteiger partial charge is 0.497 e. The number of alkyl carbamates (subject to hydrolysis) is 1. The quantitative estimate of drug-likeness (QED) is 0.201. The summed E-state index contributed by atoms with van der Waals surface area (Å²) >= 11 is 0. The second kappa shape index (κ2) is 16.6. The van der Waals surface area contributed by atoms with Crippen LogP contribution in [0.15, 0.2) is 67.3 Å². The number of amides is 5. The molecule has 3 aromatic rings. The standard InChI is InChI=1S/C43H55N5O9S/c1-9-26-21-34(26)48(40(51)46-58(53,54)30-17-13-14-18-30)38(49)35-23-29(25-47(35)39(50)37(42(2,3)4)45-41(52)57-43(5,6)7)56-36-24-32(27-15-11-10-12-16-27)44-33-22-28(55-8)19-20-31(33)36/h9-12,15-16,19-20,22,24,26,29-30,34-35,37H,1,13-14,17-18,21,23,25H2,2-8H3,(H,45,52)(H,46,51). The fourth-order valence-corrected chi connectivity index (χ4v) is 9.18. The van der Waals surface area contributed by atoms with Crippen molar-refractivity contribution in [3.63, 3.8) is 0 Å².